The zero-order valence-corrected chi connectivity index (χ0v) is 9.57. The summed E-state index contributed by atoms with van der Waals surface area (Å²) in [7, 11) is 0. The van der Waals surface area contributed by atoms with Gasteiger partial charge >= 0.3 is 5.00 Å². The molecule has 0 spiro atoms. The van der Waals surface area contributed by atoms with Gasteiger partial charge in [0.25, 0.3) is 0 Å². The van der Waals surface area contributed by atoms with Crippen LogP contribution in [0.25, 0.3) is 0 Å². The fourth-order valence-electron chi connectivity index (χ4n) is 1.91. The van der Waals surface area contributed by atoms with Crippen molar-refractivity contribution in [3.8, 4) is 0 Å². The number of aromatic nitrogens is 1. The molecule has 1 saturated carbocycles. The first-order valence-electron chi connectivity index (χ1n) is 5.29. The number of nitro groups is 1. The van der Waals surface area contributed by atoms with E-state index in [4.69, 9.17) is 5.73 Å². The van der Waals surface area contributed by atoms with Crippen LogP contribution in [-0.2, 0) is 0 Å². The van der Waals surface area contributed by atoms with Gasteiger partial charge < -0.3 is 11.1 Å². The summed E-state index contributed by atoms with van der Waals surface area (Å²) in [4.78, 5) is 14.0. The van der Waals surface area contributed by atoms with Crippen molar-refractivity contribution in [2.75, 3.05) is 5.32 Å². The topological polar surface area (TPSA) is 94.1 Å². The van der Waals surface area contributed by atoms with Crippen LogP contribution in [0, 0.1) is 10.1 Å². The average Bonchev–Trinajstić information content (AvgIpc) is 2.70. The zero-order valence-electron chi connectivity index (χ0n) is 8.76. The first-order chi connectivity index (χ1) is 7.66. The molecule has 6 nitrogen and oxygen atoms in total. The smallest absolute Gasteiger partial charge is 0.345 e. The molecule has 1 aromatic rings. The summed E-state index contributed by atoms with van der Waals surface area (Å²) in [5.74, 6) is 0. The van der Waals surface area contributed by atoms with Crippen LogP contribution < -0.4 is 11.1 Å². The fourth-order valence-corrected chi connectivity index (χ4v) is 2.61. The van der Waals surface area contributed by atoms with Crippen molar-refractivity contribution in [1.29, 1.82) is 0 Å². The summed E-state index contributed by atoms with van der Waals surface area (Å²) in [6, 6.07) is 0.316. The molecule has 1 aliphatic rings. The van der Waals surface area contributed by atoms with E-state index in [0.29, 0.717) is 5.13 Å². The van der Waals surface area contributed by atoms with Gasteiger partial charge in [-0.25, -0.2) is 4.98 Å². The van der Waals surface area contributed by atoms with E-state index in [2.05, 4.69) is 10.3 Å². The molecule has 7 heteroatoms. The van der Waals surface area contributed by atoms with Crippen LogP contribution in [0.15, 0.2) is 6.20 Å². The number of nitrogens with one attached hydrogen (secondary N) is 1. The molecule has 0 radical (unpaired) electrons. The van der Waals surface area contributed by atoms with E-state index in [-0.39, 0.29) is 17.1 Å². The third kappa shape index (κ3) is 2.48. The number of hydrogen-bond acceptors (Lipinski definition) is 6. The van der Waals surface area contributed by atoms with E-state index in [1.807, 2.05) is 0 Å². The molecule has 0 amide bonds. The van der Waals surface area contributed by atoms with Crippen molar-refractivity contribution in [3.05, 3.63) is 16.3 Å². The number of nitrogens with two attached hydrogens (primary N) is 1. The molecule has 0 aliphatic heterocycles. The van der Waals surface area contributed by atoms with Crippen molar-refractivity contribution in [2.24, 2.45) is 5.73 Å². The lowest BCUT2D eigenvalue weighted by Gasteiger charge is -2.28. The fraction of sp³-hybridized carbons (Fsp3) is 0.667. The van der Waals surface area contributed by atoms with Crippen molar-refractivity contribution >= 4 is 21.5 Å². The summed E-state index contributed by atoms with van der Waals surface area (Å²) in [5, 5.41) is 14.3. The van der Waals surface area contributed by atoms with Gasteiger partial charge in [0.15, 0.2) is 5.13 Å². The minimum Gasteiger partial charge on any atom is -0.357 e. The van der Waals surface area contributed by atoms with Crippen LogP contribution >= 0.6 is 11.3 Å². The molecule has 1 aliphatic carbocycles. The number of rotatable bonds is 3. The van der Waals surface area contributed by atoms with Crippen LogP contribution in [0.2, 0.25) is 0 Å². The van der Waals surface area contributed by atoms with E-state index < -0.39 is 4.92 Å². The quantitative estimate of drug-likeness (QED) is 0.622. The summed E-state index contributed by atoms with van der Waals surface area (Å²) >= 11 is 1.06. The number of thiazole rings is 1. The third-order valence-corrected chi connectivity index (χ3v) is 3.68. The largest absolute Gasteiger partial charge is 0.357 e. The Bertz CT molecular complexity index is 381. The van der Waals surface area contributed by atoms with Crippen LogP contribution in [0.3, 0.4) is 0 Å². The van der Waals surface area contributed by atoms with Crippen molar-refractivity contribution in [3.63, 3.8) is 0 Å². The molecule has 0 unspecified atom stereocenters. The maximum atomic E-state index is 10.5. The van der Waals surface area contributed by atoms with E-state index in [1.165, 1.54) is 6.20 Å². The molecule has 16 heavy (non-hydrogen) atoms. The Labute approximate surface area is 97.0 Å². The van der Waals surface area contributed by atoms with Gasteiger partial charge in [-0.3, -0.25) is 10.1 Å². The number of hydrogen-bond donors (Lipinski definition) is 2. The second-order valence-electron chi connectivity index (χ2n) is 3.96. The Balaban J connectivity index is 1.99. The molecular weight excluding hydrogens is 228 g/mol. The minimum absolute atomic E-state index is 0.0619. The molecule has 1 heterocycles. The molecular formula is C9H14N4O2S. The Kier molecular flexibility index (Phi) is 3.35. The second-order valence-corrected chi connectivity index (χ2v) is 4.97. The Hall–Kier alpha value is -1.21. The number of anilines is 1. The van der Waals surface area contributed by atoms with Crippen LogP contribution in [-0.4, -0.2) is 22.0 Å². The van der Waals surface area contributed by atoms with Gasteiger partial charge in [0, 0.05) is 12.1 Å². The molecule has 1 aromatic heterocycles. The highest BCUT2D eigenvalue weighted by Gasteiger charge is 2.23. The average molecular weight is 242 g/mol. The molecule has 88 valence electrons. The lowest BCUT2D eigenvalue weighted by molar-refractivity contribution is -0.380. The minimum atomic E-state index is -0.427. The molecule has 0 bridgehead atoms. The summed E-state index contributed by atoms with van der Waals surface area (Å²) in [6.45, 7) is 0. The monoisotopic (exact) mass is 242 g/mol. The first-order valence-corrected chi connectivity index (χ1v) is 6.11. The Morgan fingerprint density at radius 3 is 2.94 bits per heavy atom. The second kappa shape index (κ2) is 4.75. The SMILES string of the molecule is N[C@@H]1CCCC[C@H]1Nc1ncc([N+](=O)[O-])s1. The Morgan fingerprint density at radius 1 is 1.56 bits per heavy atom. The predicted molar refractivity (Wildman–Crippen MR) is 62.6 cm³/mol. The van der Waals surface area contributed by atoms with Crippen LogP contribution in [0.4, 0.5) is 10.1 Å². The molecule has 0 aromatic carbocycles. The zero-order chi connectivity index (χ0) is 11.5. The Morgan fingerprint density at radius 2 is 2.31 bits per heavy atom. The van der Waals surface area contributed by atoms with Gasteiger partial charge in [0.05, 0.1) is 4.92 Å². The van der Waals surface area contributed by atoms with Crippen LogP contribution in [0.1, 0.15) is 25.7 Å². The highest BCUT2D eigenvalue weighted by Crippen LogP contribution is 2.28. The molecule has 2 rings (SSSR count). The highest BCUT2D eigenvalue weighted by molar-refractivity contribution is 7.18. The molecule has 3 N–H and O–H groups in total. The van der Waals surface area contributed by atoms with Gasteiger partial charge in [0.1, 0.15) is 6.20 Å². The summed E-state index contributed by atoms with van der Waals surface area (Å²) in [6.07, 6.45) is 5.61. The van der Waals surface area contributed by atoms with E-state index >= 15 is 0 Å². The maximum absolute atomic E-state index is 10.5. The van der Waals surface area contributed by atoms with E-state index in [9.17, 15) is 10.1 Å². The summed E-state index contributed by atoms with van der Waals surface area (Å²) < 4.78 is 0. The lowest BCUT2D eigenvalue weighted by Crippen LogP contribution is -2.42. The van der Waals surface area contributed by atoms with E-state index in [1.54, 1.807) is 0 Å². The lowest BCUT2D eigenvalue weighted by atomic mass is 9.91. The number of nitrogens with zero attached hydrogens (tertiary/aromatic N) is 2. The normalized spacial score (nSPS) is 25.3. The third-order valence-electron chi connectivity index (χ3n) is 2.80. The standard InChI is InChI=1S/C9H14N4O2S/c10-6-3-1-2-4-7(6)12-9-11-5-8(16-9)13(14)15/h5-7H,1-4,10H2,(H,11,12)/t6-,7-/m1/s1. The van der Waals surface area contributed by atoms with E-state index in [0.717, 1.165) is 37.0 Å². The molecule has 2 atom stereocenters. The van der Waals surface area contributed by atoms with Crippen molar-refractivity contribution < 1.29 is 4.92 Å². The molecule has 0 saturated heterocycles. The van der Waals surface area contributed by atoms with Gasteiger partial charge in [-0.05, 0) is 24.2 Å². The predicted octanol–water partition coefficient (Wildman–Crippen LogP) is 1.73. The van der Waals surface area contributed by atoms with Crippen molar-refractivity contribution in [1.82, 2.24) is 4.98 Å². The van der Waals surface area contributed by atoms with Gasteiger partial charge in [0.2, 0.25) is 0 Å². The maximum Gasteiger partial charge on any atom is 0.345 e. The first kappa shape index (κ1) is 11.3. The highest BCUT2D eigenvalue weighted by atomic mass is 32.1. The van der Waals surface area contributed by atoms with Gasteiger partial charge in [-0.15, -0.1) is 0 Å². The van der Waals surface area contributed by atoms with Gasteiger partial charge in [-0.1, -0.05) is 12.8 Å². The summed E-state index contributed by atoms with van der Waals surface area (Å²) in [5.41, 5.74) is 5.97. The van der Waals surface area contributed by atoms with Gasteiger partial charge in [-0.2, -0.15) is 0 Å². The molecule has 1 fully saturated rings. The van der Waals surface area contributed by atoms with Crippen molar-refractivity contribution in [2.45, 2.75) is 37.8 Å². The van der Waals surface area contributed by atoms with Crippen LogP contribution in [0.5, 0.6) is 0 Å².